The minimum absolute atomic E-state index is 0.526. The summed E-state index contributed by atoms with van der Waals surface area (Å²) in [7, 11) is 0. The Kier molecular flexibility index (Phi) is 4.99. The van der Waals surface area contributed by atoms with Crippen molar-refractivity contribution in [2.24, 2.45) is 5.92 Å². The molecule has 1 unspecified atom stereocenters. The van der Waals surface area contributed by atoms with Gasteiger partial charge in [0.1, 0.15) is 18.4 Å². The summed E-state index contributed by atoms with van der Waals surface area (Å²) in [4.78, 5) is 14.5. The predicted molar refractivity (Wildman–Crippen MR) is 119 cm³/mol. The number of fused-ring (bicyclic) bond motifs is 6. The summed E-state index contributed by atoms with van der Waals surface area (Å²) in [5.41, 5.74) is 3.38. The molecule has 3 saturated heterocycles. The van der Waals surface area contributed by atoms with Crippen LogP contribution in [0.25, 0.3) is 21.8 Å². The molecule has 5 nitrogen and oxygen atoms in total. The van der Waals surface area contributed by atoms with E-state index in [0.29, 0.717) is 13.0 Å². The number of carbonyl (C=O) groups is 1. The molecule has 0 radical (unpaired) electrons. The number of aliphatic carboxylic acids is 1. The van der Waals surface area contributed by atoms with Gasteiger partial charge in [-0.25, -0.2) is 4.79 Å². The maximum atomic E-state index is 11.9. The van der Waals surface area contributed by atoms with E-state index in [-0.39, 0.29) is 0 Å². The molecule has 0 amide bonds. The standard InChI is InChI=1S/C25H28N2O3/c1-2-22(25(28)29)27-23-6-4-3-5-20(23)21-8-7-19(15-24(21)27)30-14-11-18-16-26-12-9-17(18)10-13-26/h3-8,11,15,17,22H,2,9-10,12-14,16H2,1H3,(H,28,29). The van der Waals surface area contributed by atoms with Crippen molar-refractivity contribution in [3.63, 3.8) is 0 Å². The zero-order chi connectivity index (χ0) is 20.7. The molecule has 3 fully saturated rings. The van der Waals surface area contributed by atoms with Crippen LogP contribution in [0.5, 0.6) is 5.75 Å². The minimum atomic E-state index is -0.807. The lowest BCUT2D eigenvalue weighted by Gasteiger charge is -2.41. The molecule has 3 aliphatic rings. The Hall–Kier alpha value is -2.79. The molecule has 0 aliphatic carbocycles. The molecule has 1 atom stereocenters. The first-order chi connectivity index (χ1) is 14.7. The van der Waals surface area contributed by atoms with E-state index < -0.39 is 12.0 Å². The first-order valence-corrected chi connectivity index (χ1v) is 10.9. The second-order valence-electron chi connectivity index (χ2n) is 8.47. The van der Waals surface area contributed by atoms with Gasteiger partial charge in [0.05, 0.1) is 5.52 Å². The number of carboxylic acid groups (broad SMARTS) is 1. The van der Waals surface area contributed by atoms with Crippen LogP contribution in [0.2, 0.25) is 0 Å². The third-order valence-electron chi connectivity index (χ3n) is 6.78. The van der Waals surface area contributed by atoms with Crippen molar-refractivity contribution in [1.29, 1.82) is 0 Å². The van der Waals surface area contributed by atoms with E-state index in [0.717, 1.165) is 40.0 Å². The van der Waals surface area contributed by atoms with Gasteiger partial charge in [0.15, 0.2) is 0 Å². The van der Waals surface area contributed by atoms with Crippen LogP contribution in [0.4, 0.5) is 0 Å². The molecular formula is C25H28N2O3. The Morgan fingerprint density at radius 1 is 1.17 bits per heavy atom. The minimum Gasteiger partial charge on any atom is -0.489 e. The van der Waals surface area contributed by atoms with Crippen LogP contribution in [0.15, 0.2) is 54.1 Å². The number of piperidine rings is 3. The highest BCUT2D eigenvalue weighted by Gasteiger charge is 2.29. The van der Waals surface area contributed by atoms with Crippen molar-refractivity contribution in [2.75, 3.05) is 26.2 Å². The number of para-hydroxylation sites is 1. The van der Waals surface area contributed by atoms with Crippen LogP contribution in [-0.2, 0) is 4.79 Å². The van der Waals surface area contributed by atoms with Gasteiger partial charge in [0.2, 0.25) is 0 Å². The lowest BCUT2D eigenvalue weighted by Crippen LogP contribution is -2.43. The molecule has 2 bridgehead atoms. The van der Waals surface area contributed by atoms with Gasteiger partial charge < -0.3 is 14.4 Å². The van der Waals surface area contributed by atoms with E-state index >= 15 is 0 Å². The summed E-state index contributed by atoms with van der Waals surface area (Å²) in [6, 6.07) is 13.5. The summed E-state index contributed by atoms with van der Waals surface area (Å²) in [6.07, 6.45) is 5.32. The van der Waals surface area contributed by atoms with Crippen molar-refractivity contribution >= 4 is 27.8 Å². The highest BCUT2D eigenvalue weighted by molar-refractivity contribution is 6.09. The molecule has 0 spiro atoms. The van der Waals surface area contributed by atoms with E-state index in [1.54, 1.807) is 0 Å². The fourth-order valence-electron chi connectivity index (χ4n) is 5.20. The fourth-order valence-corrected chi connectivity index (χ4v) is 5.20. The van der Waals surface area contributed by atoms with Crippen LogP contribution in [0, 0.1) is 5.92 Å². The first-order valence-electron chi connectivity index (χ1n) is 10.9. The van der Waals surface area contributed by atoms with Crippen molar-refractivity contribution in [3.05, 3.63) is 54.1 Å². The van der Waals surface area contributed by atoms with Crippen molar-refractivity contribution in [3.8, 4) is 5.75 Å². The summed E-state index contributed by atoms with van der Waals surface area (Å²) in [5, 5.41) is 11.9. The number of nitrogens with zero attached hydrogens (tertiary/aromatic N) is 2. The van der Waals surface area contributed by atoms with Gasteiger partial charge in [-0.3, -0.25) is 4.90 Å². The Balaban J connectivity index is 1.47. The Bertz CT molecular complexity index is 1120. The highest BCUT2D eigenvalue weighted by Crippen LogP contribution is 2.35. The van der Waals surface area contributed by atoms with Gasteiger partial charge in [-0.1, -0.05) is 30.7 Å². The van der Waals surface area contributed by atoms with Crippen LogP contribution in [-0.4, -0.2) is 46.8 Å². The molecule has 3 aliphatic heterocycles. The normalized spacial score (nSPS) is 23.3. The second-order valence-corrected chi connectivity index (χ2v) is 8.47. The summed E-state index contributed by atoms with van der Waals surface area (Å²) in [6.45, 7) is 6.01. The van der Waals surface area contributed by atoms with Gasteiger partial charge in [0, 0.05) is 28.9 Å². The summed E-state index contributed by atoms with van der Waals surface area (Å²) >= 11 is 0. The third kappa shape index (κ3) is 3.27. The maximum absolute atomic E-state index is 11.9. The van der Waals surface area contributed by atoms with Gasteiger partial charge in [-0.15, -0.1) is 0 Å². The molecule has 156 valence electrons. The number of benzene rings is 2. The lowest BCUT2D eigenvalue weighted by molar-refractivity contribution is -0.140. The average molecular weight is 405 g/mol. The van der Waals surface area contributed by atoms with Crippen LogP contribution < -0.4 is 4.74 Å². The SMILES string of the molecule is CCC(C(=O)O)n1c2ccccc2c2ccc(OCC=C3CN4CCC3CC4)cc21. The van der Waals surface area contributed by atoms with Gasteiger partial charge >= 0.3 is 5.97 Å². The van der Waals surface area contributed by atoms with Crippen molar-refractivity contribution in [1.82, 2.24) is 9.47 Å². The summed E-state index contributed by atoms with van der Waals surface area (Å²) in [5.74, 6) is 0.702. The molecule has 6 rings (SSSR count). The molecule has 4 heterocycles. The number of rotatable bonds is 6. The number of hydrogen-bond donors (Lipinski definition) is 1. The van der Waals surface area contributed by atoms with E-state index in [4.69, 9.17) is 4.74 Å². The van der Waals surface area contributed by atoms with E-state index in [1.807, 2.05) is 41.8 Å². The van der Waals surface area contributed by atoms with E-state index in [2.05, 4.69) is 23.1 Å². The molecule has 3 aromatic rings. The average Bonchev–Trinajstić information content (AvgIpc) is 3.09. The fraction of sp³-hybridized carbons (Fsp3) is 0.400. The number of aromatic nitrogens is 1. The Morgan fingerprint density at radius 2 is 1.93 bits per heavy atom. The number of hydrogen-bond acceptors (Lipinski definition) is 3. The Labute approximate surface area is 176 Å². The summed E-state index contributed by atoms with van der Waals surface area (Å²) < 4.78 is 8.04. The van der Waals surface area contributed by atoms with E-state index in [1.165, 1.54) is 31.5 Å². The highest BCUT2D eigenvalue weighted by atomic mass is 16.5. The first kappa shape index (κ1) is 19.2. The molecule has 1 aromatic heterocycles. The number of carboxylic acids is 1. The zero-order valence-electron chi connectivity index (χ0n) is 17.4. The van der Waals surface area contributed by atoms with Crippen molar-refractivity contribution < 1.29 is 14.6 Å². The third-order valence-corrected chi connectivity index (χ3v) is 6.78. The quantitative estimate of drug-likeness (QED) is 0.596. The van der Waals surface area contributed by atoms with Crippen LogP contribution >= 0.6 is 0 Å². The molecule has 30 heavy (non-hydrogen) atoms. The van der Waals surface area contributed by atoms with Crippen LogP contribution in [0.1, 0.15) is 32.2 Å². The van der Waals surface area contributed by atoms with Gasteiger partial charge in [-0.05, 0) is 62.5 Å². The van der Waals surface area contributed by atoms with Crippen LogP contribution in [0.3, 0.4) is 0 Å². The molecule has 2 aromatic carbocycles. The molecule has 0 saturated carbocycles. The monoisotopic (exact) mass is 404 g/mol. The number of ether oxygens (including phenoxy) is 1. The smallest absolute Gasteiger partial charge is 0.326 e. The van der Waals surface area contributed by atoms with E-state index in [9.17, 15) is 9.90 Å². The maximum Gasteiger partial charge on any atom is 0.326 e. The van der Waals surface area contributed by atoms with Crippen molar-refractivity contribution in [2.45, 2.75) is 32.2 Å². The second kappa shape index (κ2) is 7.80. The zero-order valence-corrected chi connectivity index (χ0v) is 17.4. The topological polar surface area (TPSA) is 54.7 Å². The molecule has 1 N–H and O–H groups in total. The van der Waals surface area contributed by atoms with Gasteiger partial charge in [-0.2, -0.15) is 0 Å². The lowest BCUT2D eigenvalue weighted by atomic mass is 9.84. The van der Waals surface area contributed by atoms with Gasteiger partial charge in [0.25, 0.3) is 0 Å². The largest absolute Gasteiger partial charge is 0.489 e. The predicted octanol–water partition coefficient (Wildman–Crippen LogP) is 4.86. The molecule has 5 heteroatoms. The Morgan fingerprint density at radius 3 is 2.63 bits per heavy atom. The molecular weight excluding hydrogens is 376 g/mol.